The molecule has 0 bridgehead atoms. The van der Waals surface area contributed by atoms with Crippen molar-refractivity contribution >= 4 is 60.5 Å². The van der Waals surface area contributed by atoms with Gasteiger partial charge in [-0.1, -0.05) is 67.5 Å². The van der Waals surface area contributed by atoms with Gasteiger partial charge in [-0.05, 0) is 96.5 Å². The van der Waals surface area contributed by atoms with Gasteiger partial charge in [0.2, 0.25) is 21.8 Å². The molecule has 0 radical (unpaired) electrons. The Bertz CT molecular complexity index is 2280. The average molecular weight is 864 g/mol. The fourth-order valence-electron chi connectivity index (χ4n) is 8.64. The molecule has 2 aliphatic heterocycles. The van der Waals surface area contributed by atoms with Crippen LogP contribution in [0.1, 0.15) is 89.5 Å². The lowest BCUT2D eigenvalue weighted by Crippen LogP contribution is -2.58. The highest BCUT2D eigenvalue weighted by atomic mass is 79.9. The lowest BCUT2D eigenvalue weighted by atomic mass is 10.00. The van der Waals surface area contributed by atoms with Crippen LogP contribution in [0.15, 0.2) is 70.1 Å². The van der Waals surface area contributed by atoms with E-state index in [-0.39, 0.29) is 30.0 Å². The van der Waals surface area contributed by atoms with Crippen LogP contribution in [0.3, 0.4) is 0 Å². The number of hydrogen-bond acceptors (Lipinski definition) is 9. The van der Waals surface area contributed by atoms with Crippen LogP contribution in [-0.2, 0) is 29.1 Å². The zero-order chi connectivity index (χ0) is 39.9. The number of nitrogens with one attached hydrogen (secondary N) is 3. The highest BCUT2D eigenvalue weighted by molar-refractivity contribution is 9.10. The van der Waals surface area contributed by atoms with Crippen LogP contribution in [0.2, 0.25) is 0 Å². The number of sulfonamides is 1. The van der Waals surface area contributed by atoms with E-state index in [2.05, 4.69) is 36.4 Å². The van der Waals surface area contributed by atoms with Gasteiger partial charge in [-0.3, -0.25) is 23.9 Å². The summed E-state index contributed by atoms with van der Waals surface area (Å²) in [6.07, 6.45) is 12.1. The van der Waals surface area contributed by atoms with Crippen molar-refractivity contribution < 1.29 is 32.3 Å². The highest BCUT2D eigenvalue weighted by Crippen LogP contribution is 2.46. The number of hydrogen-bond donors (Lipinski definition) is 3. The van der Waals surface area contributed by atoms with E-state index in [4.69, 9.17) is 4.74 Å². The molecular weight excluding hydrogens is 816 g/mol. The molecule has 8 rings (SSSR count). The molecule has 1 saturated heterocycles. The third kappa shape index (κ3) is 8.12. The Morgan fingerprint density at radius 1 is 0.930 bits per heavy atom. The number of carbonyl (C=O) groups is 4. The van der Waals surface area contributed by atoms with Crippen LogP contribution in [0.4, 0.5) is 4.79 Å². The summed E-state index contributed by atoms with van der Waals surface area (Å²) in [5, 5.41) is 11.5. The van der Waals surface area contributed by atoms with E-state index in [1.807, 2.05) is 54.6 Å². The van der Waals surface area contributed by atoms with Gasteiger partial charge in [0.15, 0.2) is 0 Å². The molecule has 3 saturated carbocycles. The topological polar surface area (TPSA) is 186 Å². The van der Waals surface area contributed by atoms with Gasteiger partial charge in [0.1, 0.15) is 23.7 Å². The molecule has 302 valence electrons. The largest absolute Gasteiger partial charge is 0.446 e. The molecule has 3 N–H and O–H groups in total. The number of carbonyl (C=O) groups excluding carboxylic acids is 4. The third-order valence-electron chi connectivity index (χ3n) is 12.1. The van der Waals surface area contributed by atoms with E-state index in [1.165, 1.54) is 9.58 Å². The van der Waals surface area contributed by atoms with Crippen LogP contribution < -0.4 is 20.9 Å². The van der Waals surface area contributed by atoms with Crippen molar-refractivity contribution in [3.05, 3.63) is 75.6 Å². The van der Waals surface area contributed by atoms with Crippen molar-refractivity contribution in [1.29, 1.82) is 0 Å². The predicted molar refractivity (Wildman–Crippen MR) is 215 cm³/mol. The summed E-state index contributed by atoms with van der Waals surface area (Å²) < 4.78 is 35.2. The second-order valence-corrected chi connectivity index (χ2v) is 18.8. The number of benzene rings is 2. The Hall–Kier alpha value is -4.57. The number of aromatic nitrogens is 2. The second-order valence-electron chi connectivity index (χ2n) is 16.1. The van der Waals surface area contributed by atoms with Crippen LogP contribution >= 0.6 is 15.9 Å². The Morgan fingerprint density at radius 3 is 2.47 bits per heavy atom. The van der Waals surface area contributed by atoms with Crippen LogP contribution in [0.5, 0.6) is 0 Å². The molecule has 5 atom stereocenters. The smallest absolute Gasteiger partial charge is 0.408 e. The third-order valence-corrected chi connectivity index (χ3v) is 14.7. The Balaban J connectivity index is 1.12. The molecule has 3 aliphatic carbocycles. The number of rotatable bonds is 7. The van der Waals surface area contributed by atoms with Gasteiger partial charge in [0.25, 0.3) is 11.5 Å². The molecule has 2 aromatic carbocycles. The maximum Gasteiger partial charge on any atom is 0.408 e. The molecule has 4 amide bonds. The Kier molecular flexibility index (Phi) is 11.0. The number of allylic oxidation sites excluding steroid dienone is 1. The molecule has 3 aromatic rings. The molecule has 1 aromatic heterocycles. The Morgan fingerprint density at radius 2 is 1.68 bits per heavy atom. The number of nitrogens with zero attached hydrogens (tertiary/aromatic N) is 3. The monoisotopic (exact) mass is 862 g/mol. The van der Waals surface area contributed by atoms with Crippen molar-refractivity contribution in [3.63, 3.8) is 0 Å². The Labute approximate surface area is 339 Å². The highest BCUT2D eigenvalue weighted by Gasteiger charge is 2.62. The van der Waals surface area contributed by atoms with Crippen molar-refractivity contribution in [1.82, 2.24) is 30.0 Å². The molecule has 5 aliphatic rings. The zero-order valence-electron chi connectivity index (χ0n) is 31.5. The average Bonchev–Trinajstić information content (AvgIpc) is 4.06. The molecule has 16 heteroatoms. The lowest BCUT2D eigenvalue weighted by Gasteiger charge is -2.30. The van der Waals surface area contributed by atoms with Crippen molar-refractivity contribution in [3.8, 4) is 11.1 Å². The van der Waals surface area contributed by atoms with Gasteiger partial charge in [-0.2, -0.15) is 5.10 Å². The SMILES string of the molecule is O=C(N[C@H]1CCCCC/C=C\[C@@H]2CC2(C(=O)NS(=O)(=O)C2CC2)NC(=O)[C@@H]2CC(n3ncc(-c4cccc5ccccc45)c(Br)c3=O)CN2C1=O)OC1CCCC1. The first-order valence-electron chi connectivity index (χ1n) is 20.0. The number of halogens is 1. The molecule has 2 unspecified atom stereocenters. The van der Waals surface area contributed by atoms with E-state index in [0.717, 1.165) is 54.9 Å². The molecule has 3 heterocycles. The zero-order valence-corrected chi connectivity index (χ0v) is 33.9. The number of alkyl carbamates (subject to hydrolysis) is 1. The summed E-state index contributed by atoms with van der Waals surface area (Å²) in [5.41, 5.74) is -0.598. The summed E-state index contributed by atoms with van der Waals surface area (Å²) in [6, 6.07) is 10.7. The van der Waals surface area contributed by atoms with E-state index in [0.29, 0.717) is 37.7 Å². The quantitative estimate of drug-likeness (QED) is 0.275. The van der Waals surface area contributed by atoms with Crippen molar-refractivity contribution in [2.45, 2.75) is 118 Å². The number of ether oxygens (including phenoxy) is 1. The molecule has 57 heavy (non-hydrogen) atoms. The number of fused-ring (bicyclic) bond motifs is 3. The first-order valence-corrected chi connectivity index (χ1v) is 22.4. The maximum absolute atomic E-state index is 14.6. The molecule has 4 fully saturated rings. The lowest BCUT2D eigenvalue weighted by molar-refractivity contribution is -0.141. The van der Waals surface area contributed by atoms with Crippen LogP contribution in [0, 0.1) is 5.92 Å². The summed E-state index contributed by atoms with van der Waals surface area (Å²) in [7, 11) is -3.92. The van der Waals surface area contributed by atoms with Gasteiger partial charge >= 0.3 is 6.09 Å². The predicted octanol–water partition coefficient (Wildman–Crippen LogP) is 5.01. The minimum Gasteiger partial charge on any atom is -0.446 e. The molecular formula is C41H47BrN6O8S. The fraction of sp³-hybridized carbons (Fsp3) is 0.512. The van der Waals surface area contributed by atoms with Crippen LogP contribution in [0.25, 0.3) is 21.9 Å². The van der Waals surface area contributed by atoms with Gasteiger partial charge < -0.3 is 20.3 Å². The second kappa shape index (κ2) is 16.0. The summed E-state index contributed by atoms with van der Waals surface area (Å²) in [5.74, 6) is -2.45. The van der Waals surface area contributed by atoms with E-state index < -0.39 is 74.2 Å². The maximum atomic E-state index is 14.6. The summed E-state index contributed by atoms with van der Waals surface area (Å²) >= 11 is 3.54. The van der Waals surface area contributed by atoms with E-state index in [9.17, 15) is 32.4 Å². The van der Waals surface area contributed by atoms with Crippen LogP contribution in [-0.4, -0.2) is 82.4 Å². The van der Waals surface area contributed by atoms with Gasteiger partial charge in [-0.25, -0.2) is 17.9 Å². The summed E-state index contributed by atoms with van der Waals surface area (Å²) in [6.45, 7) is -0.0850. The van der Waals surface area contributed by atoms with Gasteiger partial charge in [0, 0.05) is 24.4 Å². The minimum absolute atomic E-state index is 0.0254. The van der Waals surface area contributed by atoms with Gasteiger partial charge in [-0.15, -0.1) is 0 Å². The standard InChI is InChI=1S/C41H47BrN6O8S/c42-35-32(31-17-10-12-25-11-6-9-16-30(25)31)23-43-48(38(35)51)27-21-34-36(49)45-41(39(52)46-57(54,55)29-19-20-29)22-26(41)13-4-2-1-3-5-18-33(37(50)47(34)24-27)44-40(53)56-28-14-7-8-15-28/h4,6,9-13,16-17,23,26-29,33-34H,1-3,5,7-8,14-15,18-22,24H2,(H,44,53)(H,45,49)(H,46,52)/b13-4-/t26-,27?,33+,34+,41?/m1/s1. The summed E-state index contributed by atoms with van der Waals surface area (Å²) in [4.78, 5) is 71.6. The first kappa shape index (κ1) is 39.3. The first-order chi connectivity index (χ1) is 27.4. The molecule has 14 nitrogen and oxygen atoms in total. The fourth-order valence-corrected chi connectivity index (χ4v) is 10.5. The van der Waals surface area contributed by atoms with Crippen molar-refractivity contribution in [2.75, 3.05) is 6.54 Å². The van der Waals surface area contributed by atoms with E-state index in [1.54, 1.807) is 6.20 Å². The number of amides is 4. The van der Waals surface area contributed by atoms with Crippen molar-refractivity contribution in [2.24, 2.45) is 5.92 Å². The molecule has 0 spiro atoms. The minimum atomic E-state index is -3.92. The van der Waals surface area contributed by atoms with E-state index >= 15 is 0 Å². The van der Waals surface area contributed by atoms with Gasteiger partial charge in [0.05, 0.1) is 22.0 Å². The normalized spacial score (nSPS) is 27.7.